The fourth-order valence-corrected chi connectivity index (χ4v) is 3.19. The number of carbonyl (C=O) groups is 1. The van der Waals surface area contributed by atoms with Crippen molar-refractivity contribution in [2.24, 2.45) is 0 Å². The first kappa shape index (κ1) is 20.9. The molecule has 4 nitrogen and oxygen atoms in total. The SMILES string of the molecule is CCSCC(=O)N(/C=C(\C)c1ccc(OC)c(OC)c1)Cc1ccccc1. The molecule has 0 spiro atoms. The van der Waals surface area contributed by atoms with Crippen LogP contribution in [0.25, 0.3) is 5.57 Å². The maximum atomic E-state index is 12.7. The van der Waals surface area contributed by atoms with Crippen molar-refractivity contribution < 1.29 is 14.3 Å². The predicted molar refractivity (Wildman–Crippen MR) is 113 cm³/mol. The van der Waals surface area contributed by atoms with Crippen LogP contribution in [-0.2, 0) is 11.3 Å². The molecule has 0 aromatic heterocycles. The molecule has 0 N–H and O–H groups in total. The Morgan fingerprint density at radius 1 is 1.07 bits per heavy atom. The Morgan fingerprint density at radius 3 is 2.41 bits per heavy atom. The summed E-state index contributed by atoms with van der Waals surface area (Å²) in [7, 11) is 3.24. The zero-order valence-corrected chi connectivity index (χ0v) is 17.2. The number of amides is 1. The average Bonchev–Trinajstić information content (AvgIpc) is 2.71. The molecule has 0 atom stereocenters. The lowest BCUT2D eigenvalue weighted by Gasteiger charge is -2.20. The Kier molecular flexibility index (Phi) is 8.27. The number of rotatable bonds is 9. The third-order valence-electron chi connectivity index (χ3n) is 4.13. The van der Waals surface area contributed by atoms with Gasteiger partial charge in [-0.3, -0.25) is 4.79 Å². The van der Waals surface area contributed by atoms with Crippen LogP contribution in [0, 0.1) is 0 Å². The standard InChI is InChI=1S/C22H27NO3S/c1-5-27-16-22(24)23(15-18-9-7-6-8-10-18)14-17(2)19-11-12-20(25-3)21(13-19)26-4/h6-14H,5,15-16H2,1-4H3/b17-14+. The second-order valence-corrected chi connectivity index (χ2v) is 7.30. The Labute approximate surface area is 166 Å². The zero-order valence-electron chi connectivity index (χ0n) is 16.4. The van der Waals surface area contributed by atoms with Gasteiger partial charge in [-0.15, -0.1) is 0 Å². The molecule has 0 saturated heterocycles. The van der Waals surface area contributed by atoms with Gasteiger partial charge in [0.1, 0.15) is 0 Å². The van der Waals surface area contributed by atoms with E-state index in [1.165, 1.54) is 0 Å². The fourth-order valence-electron chi connectivity index (χ4n) is 2.65. The van der Waals surface area contributed by atoms with E-state index >= 15 is 0 Å². The van der Waals surface area contributed by atoms with Crippen LogP contribution in [0.15, 0.2) is 54.7 Å². The van der Waals surface area contributed by atoms with Crippen LogP contribution in [0.5, 0.6) is 11.5 Å². The molecule has 2 aromatic rings. The normalized spacial score (nSPS) is 11.2. The van der Waals surface area contributed by atoms with E-state index in [0.29, 0.717) is 23.8 Å². The smallest absolute Gasteiger partial charge is 0.236 e. The second kappa shape index (κ2) is 10.7. The van der Waals surface area contributed by atoms with E-state index in [2.05, 4.69) is 6.92 Å². The third kappa shape index (κ3) is 6.07. The summed E-state index contributed by atoms with van der Waals surface area (Å²) in [5, 5.41) is 0. The second-order valence-electron chi connectivity index (χ2n) is 6.03. The highest BCUT2D eigenvalue weighted by Crippen LogP contribution is 2.30. The number of ether oxygens (including phenoxy) is 2. The summed E-state index contributed by atoms with van der Waals surface area (Å²) in [6.45, 7) is 4.61. The first-order chi connectivity index (χ1) is 13.1. The summed E-state index contributed by atoms with van der Waals surface area (Å²) in [5.41, 5.74) is 3.08. The number of allylic oxidation sites excluding steroid dienone is 1. The molecular formula is C22H27NO3S. The van der Waals surface area contributed by atoms with Crippen LogP contribution in [0.4, 0.5) is 0 Å². The van der Waals surface area contributed by atoms with Gasteiger partial charge in [-0.2, -0.15) is 11.8 Å². The van der Waals surface area contributed by atoms with Crippen molar-refractivity contribution in [2.45, 2.75) is 20.4 Å². The average molecular weight is 386 g/mol. The molecule has 0 aliphatic carbocycles. The highest BCUT2D eigenvalue weighted by atomic mass is 32.2. The molecule has 144 valence electrons. The quantitative estimate of drug-likeness (QED) is 0.619. The monoisotopic (exact) mass is 385 g/mol. The molecule has 5 heteroatoms. The number of benzene rings is 2. The van der Waals surface area contributed by atoms with Crippen molar-refractivity contribution in [1.29, 1.82) is 0 Å². The van der Waals surface area contributed by atoms with Crippen LogP contribution in [0.2, 0.25) is 0 Å². The molecule has 0 fully saturated rings. The van der Waals surface area contributed by atoms with Gasteiger partial charge in [0.2, 0.25) is 5.91 Å². The van der Waals surface area contributed by atoms with Gasteiger partial charge >= 0.3 is 0 Å². The first-order valence-corrected chi connectivity index (χ1v) is 10.1. The zero-order chi connectivity index (χ0) is 19.6. The highest BCUT2D eigenvalue weighted by molar-refractivity contribution is 7.99. The van der Waals surface area contributed by atoms with Gasteiger partial charge in [0.05, 0.1) is 26.5 Å². The van der Waals surface area contributed by atoms with Gasteiger partial charge in [-0.25, -0.2) is 0 Å². The van der Waals surface area contributed by atoms with E-state index in [4.69, 9.17) is 9.47 Å². The summed E-state index contributed by atoms with van der Waals surface area (Å²) in [4.78, 5) is 14.5. The van der Waals surface area contributed by atoms with Crippen LogP contribution in [0.1, 0.15) is 25.0 Å². The van der Waals surface area contributed by atoms with Gasteiger partial charge in [0.25, 0.3) is 0 Å². The van der Waals surface area contributed by atoms with Crippen molar-refractivity contribution in [3.05, 3.63) is 65.9 Å². The Bertz CT molecular complexity index is 774. The maximum absolute atomic E-state index is 12.7. The van der Waals surface area contributed by atoms with Crippen molar-refractivity contribution in [3.63, 3.8) is 0 Å². The molecule has 0 unspecified atom stereocenters. The number of carbonyl (C=O) groups excluding carboxylic acids is 1. The lowest BCUT2D eigenvalue weighted by molar-refractivity contribution is -0.126. The lowest BCUT2D eigenvalue weighted by Crippen LogP contribution is -2.27. The Morgan fingerprint density at radius 2 is 1.78 bits per heavy atom. The number of thioether (sulfide) groups is 1. The molecule has 2 aromatic carbocycles. The van der Waals surface area contributed by atoms with Crippen LogP contribution in [0.3, 0.4) is 0 Å². The summed E-state index contributed by atoms with van der Waals surface area (Å²) in [6.07, 6.45) is 1.92. The minimum absolute atomic E-state index is 0.102. The lowest BCUT2D eigenvalue weighted by atomic mass is 10.1. The maximum Gasteiger partial charge on any atom is 0.236 e. The van der Waals surface area contributed by atoms with E-state index < -0.39 is 0 Å². The topological polar surface area (TPSA) is 38.8 Å². The largest absolute Gasteiger partial charge is 0.493 e. The number of nitrogens with zero attached hydrogens (tertiary/aromatic N) is 1. The molecule has 0 radical (unpaired) electrons. The molecule has 0 aliphatic heterocycles. The van der Waals surface area contributed by atoms with E-state index in [1.54, 1.807) is 30.9 Å². The summed E-state index contributed by atoms with van der Waals surface area (Å²) in [6, 6.07) is 15.8. The minimum Gasteiger partial charge on any atom is -0.493 e. The summed E-state index contributed by atoms with van der Waals surface area (Å²) < 4.78 is 10.7. The Hall–Kier alpha value is -2.40. The van der Waals surface area contributed by atoms with Crippen LogP contribution in [-0.4, -0.2) is 36.5 Å². The molecule has 0 saturated carbocycles. The third-order valence-corrected chi connectivity index (χ3v) is 4.99. The van der Waals surface area contributed by atoms with Crippen molar-refractivity contribution in [3.8, 4) is 11.5 Å². The van der Waals surface area contributed by atoms with Crippen LogP contribution < -0.4 is 9.47 Å². The highest BCUT2D eigenvalue weighted by Gasteiger charge is 2.13. The molecule has 2 rings (SSSR count). The van der Waals surface area contributed by atoms with Gasteiger partial charge in [0, 0.05) is 6.20 Å². The van der Waals surface area contributed by atoms with E-state index in [1.807, 2.05) is 61.7 Å². The molecule has 1 amide bonds. The van der Waals surface area contributed by atoms with Crippen molar-refractivity contribution >= 4 is 23.2 Å². The predicted octanol–water partition coefficient (Wildman–Crippen LogP) is 4.85. The van der Waals surface area contributed by atoms with Crippen molar-refractivity contribution in [2.75, 3.05) is 25.7 Å². The fraction of sp³-hybridized carbons (Fsp3) is 0.318. The number of methoxy groups -OCH3 is 2. The molecule has 0 bridgehead atoms. The van der Waals surface area contributed by atoms with Gasteiger partial charge in [-0.05, 0) is 41.5 Å². The molecule has 27 heavy (non-hydrogen) atoms. The molecular weight excluding hydrogens is 358 g/mol. The van der Waals surface area contributed by atoms with Crippen LogP contribution >= 0.6 is 11.8 Å². The number of hydrogen-bond acceptors (Lipinski definition) is 4. The van der Waals surface area contributed by atoms with E-state index in [9.17, 15) is 4.79 Å². The minimum atomic E-state index is 0.102. The summed E-state index contributed by atoms with van der Waals surface area (Å²) in [5.74, 6) is 2.85. The number of hydrogen-bond donors (Lipinski definition) is 0. The van der Waals surface area contributed by atoms with Gasteiger partial charge < -0.3 is 14.4 Å². The van der Waals surface area contributed by atoms with Gasteiger partial charge in [-0.1, -0.05) is 43.3 Å². The van der Waals surface area contributed by atoms with E-state index in [-0.39, 0.29) is 5.91 Å². The van der Waals surface area contributed by atoms with Gasteiger partial charge in [0.15, 0.2) is 11.5 Å². The van der Waals surface area contributed by atoms with E-state index in [0.717, 1.165) is 22.5 Å². The Balaban J connectivity index is 2.29. The molecule has 0 aliphatic rings. The molecule has 0 heterocycles. The van der Waals surface area contributed by atoms with Crippen molar-refractivity contribution in [1.82, 2.24) is 4.90 Å². The summed E-state index contributed by atoms with van der Waals surface area (Å²) >= 11 is 1.63. The first-order valence-electron chi connectivity index (χ1n) is 8.91.